The monoisotopic (exact) mass is 242 g/mol. The van der Waals surface area contributed by atoms with Gasteiger partial charge in [-0.05, 0) is 46.6 Å². The maximum Gasteiger partial charge on any atom is 0.325 e. The van der Waals surface area contributed by atoms with E-state index >= 15 is 0 Å². The van der Waals surface area contributed by atoms with Gasteiger partial charge >= 0.3 is 5.97 Å². The Bertz CT molecular complexity index is 262. The van der Waals surface area contributed by atoms with Gasteiger partial charge in [0.2, 0.25) is 0 Å². The highest BCUT2D eigenvalue weighted by molar-refractivity contribution is 5.80. The van der Waals surface area contributed by atoms with Gasteiger partial charge in [-0.3, -0.25) is 9.69 Å². The lowest BCUT2D eigenvalue weighted by Gasteiger charge is -2.33. The molecule has 0 aromatic rings. The standard InChI is InChI=1S/C13H26N2O2/c1-5-15(11-7-8-11)10(3)9-13(4,14)12(16)17-6-2/h10-11H,5-9,14H2,1-4H3. The van der Waals surface area contributed by atoms with Crippen molar-refractivity contribution in [2.45, 2.75) is 64.6 Å². The summed E-state index contributed by atoms with van der Waals surface area (Å²) in [5, 5.41) is 0. The van der Waals surface area contributed by atoms with E-state index in [0.29, 0.717) is 25.1 Å². The summed E-state index contributed by atoms with van der Waals surface area (Å²) >= 11 is 0. The molecule has 4 heteroatoms. The molecule has 0 aromatic heterocycles. The first-order chi connectivity index (χ1) is 7.92. The van der Waals surface area contributed by atoms with E-state index < -0.39 is 5.54 Å². The molecule has 2 unspecified atom stereocenters. The van der Waals surface area contributed by atoms with Crippen LogP contribution in [0, 0.1) is 0 Å². The van der Waals surface area contributed by atoms with Crippen molar-refractivity contribution < 1.29 is 9.53 Å². The second kappa shape index (κ2) is 5.83. The maximum atomic E-state index is 11.7. The zero-order valence-corrected chi connectivity index (χ0v) is 11.5. The molecule has 0 radical (unpaired) electrons. The predicted octanol–water partition coefficient (Wildman–Crippen LogP) is 1.53. The van der Waals surface area contributed by atoms with E-state index in [0.717, 1.165) is 6.54 Å². The molecule has 0 bridgehead atoms. The van der Waals surface area contributed by atoms with Gasteiger partial charge in [-0.25, -0.2) is 0 Å². The van der Waals surface area contributed by atoms with Crippen molar-refractivity contribution in [3.8, 4) is 0 Å². The quantitative estimate of drug-likeness (QED) is 0.688. The second-order valence-corrected chi connectivity index (χ2v) is 5.25. The SMILES string of the molecule is CCOC(=O)C(C)(N)CC(C)N(CC)C1CC1. The molecule has 1 fully saturated rings. The second-order valence-electron chi connectivity index (χ2n) is 5.25. The van der Waals surface area contributed by atoms with Crippen LogP contribution in [0.1, 0.15) is 47.0 Å². The summed E-state index contributed by atoms with van der Waals surface area (Å²) in [6, 6.07) is 1.03. The Morgan fingerprint density at radius 2 is 2.12 bits per heavy atom. The molecule has 1 aliphatic carbocycles. The van der Waals surface area contributed by atoms with Gasteiger partial charge in [0, 0.05) is 12.1 Å². The molecular weight excluding hydrogens is 216 g/mol. The number of esters is 1. The van der Waals surface area contributed by atoms with E-state index in [2.05, 4.69) is 18.7 Å². The Labute approximate surface area is 104 Å². The summed E-state index contributed by atoms with van der Waals surface area (Å²) in [4.78, 5) is 14.2. The molecule has 4 nitrogen and oxygen atoms in total. The lowest BCUT2D eigenvalue weighted by atomic mass is 9.94. The van der Waals surface area contributed by atoms with Crippen molar-refractivity contribution in [1.29, 1.82) is 0 Å². The highest BCUT2D eigenvalue weighted by atomic mass is 16.5. The number of nitrogens with zero attached hydrogens (tertiary/aromatic N) is 1. The Morgan fingerprint density at radius 3 is 2.53 bits per heavy atom. The zero-order valence-electron chi connectivity index (χ0n) is 11.5. The van der Waals surface area contributed by atoms with E-state index in [1.807, 2.05) is 0 Å². The van der Waals surface area contributed by atoms with Crippen LogP contribution < -0.4 is 5.73 Å². The molecule has 1 saturated carbocycles. The molecular formula is C13H26N2O2. The van der Waals surface area contributed by atoms with Crippen molar-refractivity contribution in [2.24, 2.45) is 5.73 Å². The van der Waals surface area contributed by atoms with Gasteiger partial charge in [0.15, 0.2) is 0 Å². The summed E-state index contributed by atoms with van der Waals surface area (Å²) in [5.41, 5.74) is 5.18. The minimum atomic E-state index is -0.877. The average molecular weight is 242 g/mol. The number of rotatable bonds is 7. The summed E-state index contributed by atoms with van der Waals surface area (Å²) in [5.74, 6) is -0.293. The summed E-state index contributed by atoms with van der Waals surface area (Å²) in [7, 11) is 0. The number of hydrogen-bond donors (Lipinski definition) is 1. The smallest absolute Gasteiger partial charge is 0.325 e. The molecule has 0 amide bonds. The van der Waals surface area contributed by atoms with Crippen molar-refractivity contribution in [1.82, 2.24) is 4.90 Å². The normalized spacial score (nSPS) is 21.1. The topological polar surface area (TPSA) is 55.6 Å². The van der Waals surface area contributed by atoms with E-state index in [1.54, 1.807) is 13.8 Å². The molecule has 0 aromatic carbocycles. The summed E-state index contributed by atoms with van der Waals surface area (Å²) < 4.78 is 5.01. The van der Waals surface area contributed by atoms with Gasteiger partial charge in [0.25, 0.3) is 0 Å². The average Bonchev–Trinajstić information content (AvgIpc) is 3.02. The van der Waals surface area contributed by atoms with Crippen LogP contribution >= 0.6 is 0 Å². The fraction of sp³-hybridized carbons (Fsp3) is 0.923. The van der Waals surface area contributed by atoms with Crippen LogP contribution in [-0.4, -0.2) is 41.6 Å². The molecule has 17 heavy (non-hydrogen) atoms. The van der Waals surface area contributed by atoms with Gasteiger partial charge in [0.1, 0.15) is 5.54 Å². The fourth-order valence-corrected chi connectivity index (χ4v) is 2.45. The summed E-state index contributed by atoms with van der Waals surface area (Å²) in [6.07, 6.45) is 3.20. The predicted molar refractivity (Wildman–Crippen MR) is 68.7 cm³/mol. The Balaban J connectivity index is 2.52. The third-order valence-electron chi connectivity index (χ3n) is 3.41. The highest BCUT2D eigenvalue weighted by Gasteiger charge is 2.37. The Hall–Kier alpha value is -0.610. The van der Waals surface area contributed by atoms with Gasteiger partial charge in [-0.1, -0.05) is 6.92 Å². The lowest BCUT2D eigenvalue weighted by Crippen LogP contribution is -2.51. The van der Waals surface area contributed by atoms with Gasteiger partial charge in [-0.2, -0.15) is 0 Å². The molecule has 2 N–H and O–H groups in total. The van der Waals surface area contributed by atoms with Crippen LogP contribution in [0.2, 0.25) is 0 Å². The highest BCUT2D eigenvalue weighted by Crippen LogP contribution is 2.30. The van der Waals surface area contributed by atoms with Crippen molar-refractivity contribution >= 4 is 5.97 Å². The van der Waals surface area contributed by atoms with Crippen LogP contribution in [0.25, 0.3) is 0 Å². The summed E-state index contributed by atoms with van der Waals surface area (Å²) in [6.45, 7) is 9.28. The Morgan fingerprint density at radius 1 is 1.53 bits per heavy atom. The van der Waals surface area contributed by atoms with Crippen molar-refractivity contribution in [3.05, 3.63) is 0 Å². The largest absolute Gasteiger partial charge is 0.465 e. The first kappa shape index (κ1) is 14.5. The molecule has 1 rings (SSSR count). The number of carbonyl (C=O) groups excluding carboxylic acids is 1. The third kappa shape index (κ3) is 3.96. The lowest BCUT2D eigenvalue weighted by molar-refractivity contribution is -0.149. The van der Waals surface area contributed by atoms with Crippen LogP contribution in [0.4, 0.5) is 0 Å². The van der Waals surface area contributed by atoms with Crippen LogP contribution in [-0.2, 0) is 9.53 Å². The minimum Gasteiger partial charge on any atom is -0.465 e. The van der Waals surface area contributed by atoms with E-state index in [9.17, 15) is 4.79 Å². The van der Waals surface area contributed by atoms with Crippen LogP contribution in [0.3, 0.4) is 0 Å². The van der Waals surface area contributed by atoms with Crippen LogP contribution in [0.15, 0.2) is 0 Å². The number of nitrogens with two attached hydrogens (primary N) is 1. The van der Waals surface area contributed by atoms with Gasteiger partial charge < -0.3 is 10.5 Å². The van der Waals surface area contributed by atoms with E-state index in [-0.39, 0.29) is 5.97 Å². The van der Waals surface area contributed by atoms with Gasteiger partial charge in [0.05, 0.1) is 6.61 Å². The molecule has 0 spiro atoms. The fourth-order valence-electron chi connectivity index (χ4n) is 2.45. The maximum absolute atomic E-state index is 11.7. The van der Waals surface area contributed by atoms with Crippen molar-refractivity contribution in [2.75, 3.05) is 13.2 Å². The van der Waals surface area contributed by atoms with E-state index in [1.165, 1.54) is 12.8 Å². The first-order valence-corrected chi connectivity index (χ1v) is 6.64. The number of carbonyl (C=O) groups is 1. The number of ether oxygens (including phenoxy) is 1. The first-order valence-electron chi connectivity index (χ1n) is 6.64. The van der Waals surface area contributed by atoms with Gasteiger partial charge in [-0.15, -0.1) is 0 Å². The number of hydrogen-bond acceptors (Lipinski definition) is 4. The zero-order chi connectivity index (χ0) is 13.1. The molecule has 100 valence electrons. The van der Waals surface area contributed by atoms with Crippen molar-refractivity contribution in [3.63, 3.8) is 0 Å². The molecule has 2 atom stereocenters. The van der Waals surface area contributed by atoms with Crippen LogP contribution in [0.5, 0.6) is 0 Å². The minimum absolute atomic E-state index is 0.293. The molecule has 0 saturated heterocycles. The third-order valence-corrected chi connectivity index (χ3v) is 3.41. The van der Waals surface area contributed by atoms with E-state index in [4.69, 9.17) is 10.5 Å². The molecule has 1 aliphatic rings. The molecule has 0 heterocycles. The Kier molecular flexibility index (Phi) is 4.95. The molecule has 0 aliphatic heterocycles.